The van der Waals surface area contributed by atoms with Crippen molar-refractivity contribution in [1.29, 1.82) is 0 Å². The van der Waals surface area contributed by atoms with Crippen LogP contribution in [0, 0.1) is 5.92 Å². The van der Waals surface area contributed by atoms with Crippen LogP contribution in [0.2, 0.25) is 0 Å². The van der Waals surface area contributed by atoms with Crippen molar-refractivity contribution in [3.8, 4) is 0 Å². The zero-order chi connectivity index (χ0) is 10.6. The predicted octanol–water partition coefficient (Wildman–Crippen LogP) is 1.88. The highest BCUT2D eigenvalue weighted by Crippen LogP contribution is 2.22. The topological polar surface area (TPSA) is 43.1 Å². The smallest absolute Gasteiger partial charge is 0.321 e. The molecule has 5 heteroatoms. The van der Waals surface area contributed by atoms with Crippen molar-refractivity contribution in [2.24, 2.45) is 11.7 Å². The van der Waals surface area contributed by atoms with Gasteiger partial charge < -0.3 is 5.73 Å². The lowest BCUT2D eigenvalue weighted by Crippen LogP contribution is -2.36. The van der Waals surface area contributed by atoms with Gasteiger partial charge in [-0.2, -0.15) is 13.2 Å². The molecule has 2 N–H and O–H groups in total. The van der Waals surface area contributed by atoms with E-state index in [9.17, 15) is 18.0 Å². The van der Waals surface area contributed by atoms with Crippen LogP contribution in [0.25, 0.3) is 0 Å². The van der Waals surface area contributed by atoms with Gasteiger partial charge in [0.05, 0.1) is 12.5 Å². The molecule has 1 atom stereocenters. The number of carbonyl (C=O) groups excluding carboxylic acids is 1. The number of alkyl halides is 3. The van der Waals surface area contributed by atoms with E-state index in [-0.39, 0.29) is 5.92 Å². The summed E-state index contributed by atoms with van der Waals surface area (Å²) >= 11 is 0. The third kappa shape index (κ3) is 5.63. The molecule has 0 aromatic heterocycles. The Bertz CT molecular complexity index is 177. The van der Waals surface area contributed by atoms with E-state index < -0.39 is 30.8 Å². The first kappa shape index (κ1) is 12.4. The monoisotopic (exact) mass is 197 g/mol. The molecule has 0 heterocycles. The third-order valence-electron chi connectivity index (χ3n) is 1.74. The molecule has 0 amide bonds. The maximum atomic E-state index is 11.7. The molecule has 0 rings (SSSR count). The van der Waals surface area contributed by atoms with Gasteiger partial charge in [0.2, 0.25) is 0 Å². The summed E-state index contributed by atoms with van der Waals surface area (Å²) in [5, 5.41) is 0. The van der Waals surface area contributed by atoms with Crippen molar-refractivity contribution >= 4 is 5.78 Å². The first-order valence-electron chi connectivity index (χ1n) is 4.09. The molecule has 0 spiro atoms. The number of hydrogen-bond donors (Lipinski definition) is 1. The maximum absolute atomic E-state index is 11.7. The van der Waals surface area contributed by atoms with Crippen LogP contribution < -0.4 is 5.73 Å². The van der Waals surface area contributed by atoms with Crippen molar-refractivity contribution < 1.29 is 18.0 Å². The second kappa shape index (κ2) is 4.60. The Morgan fingerprint density at radius 1 is 1.38 bits per heavy atom. The predicted molar refractivity (Wildman–Crippen MR) is 43.1 cm³/mol. The number of ketones is 1. The van der Waals surface area contributed by atoms with E-state index in [1.165, 1.54) is 0 Å². The number of Topliss-reactive ketones (excluding diaryl/α,β-unsaturated/α-hetero) is 1. The van der Waals surface area contributed by atoms with E-state index in [2.05, 4.69) is 0 Å². The fraction of sp³-hybridized carbons (Fsp3) is 0.875. The number of halogens is 3. The van der Waals surface area contributed by atoms with Gasteiger partial charge in [-0.15, -0.1) is 0 Å². The lowest BCUT2D eigenvalue weighted by molar-refractivity contribution is -0.144. The molecule has 0 radical (unpaired) electrons. The van der Waals surface area contributed by atoms with Crippen LogP contribution in [-0.4, -0.2) is 18.0 Å². The molecular formula is C8H14F3NO. The summed E-state index contributed by atoms with van der Waals surface area (Å²) in [4.78, 5) is 11.0. The Labute approximate surface area is 75.3 Å². The van der Waals surface area contributed by atoms with Crippen LogP contribution in [0.4, 0.5) is 13.2 Å². The summed E-state index contributed by atoms with van der Waals surface area (Å²) in [6, 6.07) is -0.776. The van der Waals surface area contributed by atoms with Gasteiger partial charge in [0.1, 0.15) is 5.78 Å². The number of hydrogen-bond acceptors (Lipinski definition) is 2. The number of carbonyl (C=O) groups is 1. The zero-order valence-corrected chi connectivity index (χ0v) is 7.69. The minimum atomic E-state index is -4.27. The average Bonchev–Trinajstić information content (AvgIpc) is 1.97. The van der Waals surface area contributed by atoms with Crippen LogP contribution in [0.3, 0.4) is 0 Å². The third-order valence-corrected chi connectivity index (χ3v) is 1.74. The van der Waals surface area contributed by atoms with E-state index >= 15 is 0 Å². The molecule has 13 heavy (non-hydrogen) atoms. The van der Waals surface area contributed by atoms with E-state index in [0.717, 1.165) is 0 Å². The molecule has 0 aliphatic heterocycles. The van der Waals surface area contributed by atoms with Crippen LogP contribution in [0.5, 0.6) is 0 Å². The van der Waals surface area contributed by atoms with Crippen LogP contribution in [-0.2, 0) is 4.79 Å². The van der Waals surface area contributed by atoms with Gasteiger partial charge in [0, 0.05) is 6.42 Å². The molecule has 2 nitrogen and oxygen atoms in total. The summed E-state index contributed by atoms with van der Waals surface area (Å²) in [6.45, 7) is 3.41. The molecular weight excluding hydrogens is 183 g/mol. The number of rotatable bonds is 4. The summed E-state index contributed by atoms with van der Waals surface area (Å²) in [5.74, 6) is -0.631. The second-order valence-electron chi connectivity index (χ2n) is 3.35. The average molecular weight is 197 g/mol. The lowest BCUT2D eigenvalue weighted by atomic mass is 9.98. The minimum Gasteiger partial charge on any atom is -0.321 e. The highest BCUT2D eigenvalue weighted by Gasteiger charge is 2.29. The fourth-order valence-corrected chi connectivity index (χ4v) is 0.803. The maximum Gasteiger partial charge on any atom is 0.389 e. The Hall–Kier alpha value is -0.580. The SMILES string of the molecule is CC(C)[C@@H](N)C(=O)CCC(F)(F)F. The van der Waals surface area contributed by atoms with Crippen molar-refractivity contribution in [1.82, 2.24) is 0 Å². The standard InChI is InChI=1S/C8H14F3NO/c1-5(2)7(12)6(13)3-4-8(9,10)11/h5,7H,3-4,12H2,1-2H3/t7-/m1/s1. The van der Waals surface area contributed by atoms with Gasteiger partial charge in [-0.3, -0.25) is 4.79 Å². The molecule has 78 valence electrons. The van der Waals surface area contributed by atoms with Gasteiger partial charge in [0.25, 0.3) is 0 Å². The summed E-state index contributed by atoms with van der Waals surface area (Å²) in [7, 11) is 0. The van der Waals surface area contributed by atoms with Crippen molar-refractivity contribution in [2.75, 3.05) is 0 Å². The Kier molecular flexibility index (Phi) is 4.39. The molecule has 0 aromatic carbocycles. The quantitative estimate of drug-likeness (QED) is 0.747. The van der Waals surface area contributed by atoms with E-state index in [4.69, 9.17) is 5.73 Å². The van der Waals surface area contributed by atoms with Gasteiger partial charge in [-0.1, -0.05) is 13.8 Å². The summed E-state index contributed by atoms with van der Waals surface area (Å²) in [6.07, 6.45) is -5.86. The molecule has 0 aliphatic carbocycles. The molecule has 0 unspecified atom stereocenters. The first-order chi connectivity index (χ1) is 5.74. The molecule has 0 bridgehead atoms. The minimum absolute atomic E-state index is 0.110. The Morgan fingerprint density at radius 2 is 1.85 bits per heavy atom. The molecule has 0 fully saturated rings. The fourth-order valence-electron chi connectivity index (χ4n) is 0.803. The van der Waals surface area contributed by atoms with Crippen LogP contribution in [0.15, 0.2) is 0 Å². The van der Waals surface area contributed by atoms with E-state index in [1.807, 2.05) is 0 Å². The zero-order valence-electron chi connectivity index (χ0n) is 7.69. The Morgan fingerprint density at radius 3 is 2.15 bits per heavy atom. The molecule has 0 saturated heterocycles. The van der Waals surface area contributed by atoms with E-state index in [1.54, 1.807) is 13.8 Å². The van der Waals surface area contributed by atoms with Gasteiger partial charge in [0.15, 0.2) is 0 Å². The second-order valence-corrected chi connectivity index (χ2v) is 3.35. The van der Waals surface area contributed by atoms with Crippen molar-refractivity contribution in [2.45, 2.75) is 38.9 Å². The highest BCUT2D eigenvalue weighted by molar-refractivity contribution is 5.83. The van der Waals surface area contributed by atoms with Crippen LogP contribution in [0.1, 0.15) is 26.7 Å². The van der Waals surface area contributed by atoms with Gasteiger partial charge in [-0.25, -0.2) is 0 Å². The van der Waals surface area contributed by atoms with Crippen molar-refractivity contribution in [3.05, 3.63) is 0 Å². The normalized spacial score (nSPS) is 14.7. The van der Waals surface area contributed by atoms with Gasteiger partial charge in [-0.05, 0) is 5.92 Å². The molecule has 0 saturated carbocycles. The molecule has 0 aliphatic rings. The molecule has 0 aromatic rings. The largest absolute Gasteiger partial charge is 0.389 e. The highest BCUT2D eigenvalue weighted by atomic mass is 19.4. The Balaban J connectivity index is 3.89. The summed E-state index contributed by atoms with van der Waals surface area (Å²) < 4.78 is 35.1. The van der Waals surface area contributed by atoms with Crippen LogP contribution >= 0.6 is 0 Å². The number of nitrogens with two attached hydrogens (primary N) is 1. The van der Waals surface area contributed by atoms with Gasteiger partial charge >= 0.3 is 6.18 Å². The van der Waals surface area contributed by atoms with Crippen molar-refractivity contribution in [3.63, 3.8) is 0 Å². The van der Waals surface area contributed by atoms with E-state index in [0.29, 0.717) is 0 Å². The lowest BCUT2D eigenvalue weighted by Gasteiger charge is -2.14. The summed E-state index contributed by atoms with van der Waals surface area (Å²) in [5.41, 5.74) is 5.37. The first-order valence-corrected chi connectivity index (χ1v) is 4.09.